The van der Waals surface area contributed by atoms with Gasteiger partial charge in [-0.1, -0.05) is 23.8 Å². The molecular formula is C13H14O. The number of ketones is 1. The second kappa shape index (κ2) is 2.69. The van der Waals surface area contributed by atoms with E-state index < -0.39 is 0 Å². The van der Waals surface area contributed by atoms with Crippen molar-refractivity contribution in [3.05, 3.63) is 34.9 Å². The van der Waals surface area contributed by atoms with Crippen LogP contribution in [0.3, 0.4) is 0 Å². The smallest absolute Gasteiger partial charge is 0.133 e. The van der Waals surface area contributed by atoms with Crippen LogP contribution in [0.25, 0.3) is 0 Å². The maximum atomic E-state index is 11.4. The van der Waals surface area contributed by atoms with Crippen molar-refractivity contribution in [2.45, 2.75) is 32.1 Å². The standard InChI is InChI=1S/C13H14O/c1-8-2-3-9-5-10-6-11(14)7-13(10)12(9)4-8/h2-4,10,13H,5-7H2,1H3. The molecule has 0 radical (unpaired) electrons. The molecule has 2 aliphatic rings. The van der Waals surface area contributed by atoms with E-state index in [1.54, 1.807) is 0 Å². The first-order chi connectivity index (χ1) is 6.74. The fraction of sp³-hybridized carbons (Fsp3) is 0.462. The third kappa shape index (κ3) is 1.05. The Balaban J connectivity index is 2.07. The number of benzene rings is 1. The third-order valence-electron chi connectivity index (χ3n) is 3.69. The van der Waals surface area contributed by atoms with Gasteiger partial charge in [-0.05, 0) is 36.3 Å². The number of carbonyl (C=O) groups excluding carboxylic acids is 1. The van der Waals surface area contributed by atoms with Gasteiger partial charge < -0.3 is 0 Å². The number of Topliss-reactive ketones (excluding diaryl/α,β-unsaturated/α-hetero) is 1. The summed E-state index contributed by atoms with van der Waals surface area (Å²) < 4.78 is 0. The summed E-state index contributed by atoms with van der Waals surface area (Å²) >= 11 is 0. The van der Waals surface area contributed by atoms with E-state index in [2.05, 4.69) is 25.1 Å². The molecule has 1 nitrogen and oxygen atoms in total. The Labute approximate surface area is 84.1 Å². The average molecular weight is 186 g/mol. The average Bonchev–Trinajstić information content (AvgIpc) is 2.62. The molecule has 2 unspecified atom stereocenters. The summed E-state index contributed by atoms with van der Waals surface area (Å²) in [7, 11) is 0. The molecule has 72 valence electrons. The zero-order chi connectivity index (χ0) is 9.71. The highest BCUT2D eigenvalue weighted by Crippen LogP contribution is 2.46. The van der Waals surface area contributed by atoms with Crippen LogP contribution in [0.2, 0.25) is 0 Å². The summed E-state index contributed by atoms with van der Waals surface area (Å²) in [4.78, 5) is 11.4. The lowest BCUT2D eigenvalue weighted by molar-refractivity contribution is -0.117. The number of rotatable bonds is 0. The Bertz CT molecular complexity index is 406. The van der Waals surface area contributed by atoms with E-state index in [4.69, 9.17) is 0 Å². The Hall–Kier alpha value is -1.11. The monoisotopic (exact) mass is 186 g/mol. The molecule has 1 aromatic rings. The van der Waals surface area contributed by atoms with Crippen LogP contribution in [0.1, 0.15) is 35.4 Å². The molecule has 0 spiro atoms. The molecule has 1 heteroatoms. The van der Waals surface area contributed by atoms with Crippen LogP contribution in [0.5, 0.6) is 0 Å². The summed E-state index contributed by atoms with van der Waals surface area (Å²) in [5, 5.41) is 0. The molecule has 0 amide bonds. The molecule has 14 heavy (non-hydrogen) atoms. The van der Waals surface area contributed by atoms with E-state index in [0.717, 1.165) is 19.3 Å². The minimum Gasteiger partial charge on any atom is -0.300 e. The molecule has 1 aromatic carbocycles. The van der Waals surface area contributed by atoms with Gasteiger partial charge in [-0.2, -0.15) is 0 Å². The van der Waals surface area contributed by atoms with Crippen LogP contribution in [0.15, 0.2) is 18.2 Å². The van der Waals surface area contributed by atoms with Gasteiger partial charge in [0.25, 0.3) is 0 Å². The van der Waals surface area contributed by atoms with Gasteiger partial charge in [0.2, 0.25) is 0 Å². The first-order valence-corrected chi connectivity index (χ1v) is 5.35. The Morgan fingerprint density at radius 3 is 2.93 bits per heavy atom. The number of carbonyl (C=O) groups is 1. The predicted octanol–water partition coefficient (Wildman–Crippen LogP) is 2.61. The van der Waals surface area contributed by atoms with E-state index in [9.17, 15) is 4.79 Å². The number of aryl methyl sites for hydroxylation is 1. The maximum Gasteiger partial charge on any atom is 0.133 e. The van der Waals surface area contributed by atoms with Crippen molar-refractivity contribution in [2.75, 3.05) is 0 Å². The van der Waals surface area contributed by atoms with Crippen LogP contribution < -0.4 is 0 Å². The topological polar surface area (TPSA) is 17.1 Å². The molecule has 0 saturated heterocycles. The highest BCUT2D eigenvalue weighted by Gasteiger charge is 2.39. The quantitative estimate of drug-likeness (QED) is 0.608. The summed E-state index contributed by atoms with van der Waals surface area (Å²) in [6.45, 7) is 2.13. The van der Waals surface area contributed by atoms with Gasteiger partial charge in [-0.25, -0.2) is 0 Å². The van der Waals surface area contributed by atoms with Crippen molar-refractivity contribution in [1.29, 1.82) is 0 Å². The minimum atomic E-state index is 0.465. The van der Waals surface area contributed by atoms with Gasteiger partial charge in [0, 0.05) is 12.8 Å². The number of hydrogen-bond donors (Lipinski definition) is 0. The lowest BCUT2D eigenvalue weighted by atomic mass is 9.95. The zero-order valence-corrected chi connectivity index (χ0v) is 8.42. The molecule has 3 rings (SSSR count). The SMILES string of the molecule is Cc1ccc2c(c1)C1CC(=O)CC1C2. The molecule has 0 bridgehead atoms. The van der Waals surface area contributed by atoms with Crippen molar-refractivity contribution >= 4 is 5.78 Å². The fourth-order valence-corrected chi connectivity index (χ4v) is 3.04. The number of fused-ring (bicyclic) bond motifs is 3. The fourth-order valence-electron chi connectivity index (χ4n) is 3.04. The van der Waals surface area contributed by atoms with E-state index >= 15 is 0 Å². The number of hydrogen-bond acceptors (Lipinski definition) is 1. The highest BCUT2D eigenvalue weighted by atomic mass is 16.1. The summed E-state index contributed by atoms with van der Waals surface area (Å²) in [5.74, 6) is 1.64. The van der Waals surface area contributed by atoms with Crippen molar-refractivity contribution in [2.24, 2.45) is 5.92 Å². The second-order valence-corrected chi connectivity index (χ2v) is 4.72. The largest absolute Gasteiger partial charge is 0.300 e. The van der Waals surface area contributed by atoms with Crippen LogP contribution in [-0.4, -0.2) is 5.78 Å². The van der Waals surface area contributed by atoms with Crippen LogP contribution in [-0.2, 0) is 11.2 Å². The summed E-state index contributed by atoms with van der Waals surface area (Å²) in [6.07, 6.45) is 2.74. The van der Waals surface area contributed by atoms with Gasteiger partial charge in [0.15, 0.2) is 0 Å². The molecule has 1 fully saturated rings. The molecule has 2 atom stereocenters. The Morgan fingerprint density at radius 2 is 2.07 bits per heavy atom. The normalized spacial score (nSPS) is 29.1. The van der Waals surface area contributed by atoms with E-state index in [0.29, 0.717) is 17.6 Å². The first kappa shape index (κ1) is 8.22. The highest BCUT2D eigenvalue weighted by molar-refractivity contribution is 5.83. The van der Waals surface area contributed by atoms with Gasteiger partial charge in [0.05, 0.1) is 0 Å². The molecule has 2 aliphatic carbocycles. The maximum absolute atomic E-state index is 11.4. The zero-order valence-electron chi connectivity index (χ0n) is 8.42. The van der Waals surface area contributed by atoms with Crippen LogP contribution in [0.4, 0.5) is 0 Å². The van der Waals surface area contributed by atoms with Crippen LogP contribution >= 0.6 is 0 Å². The second-order valence-electron chi connectivity index (χ2n) is 4.72. The lowest BCUT2D eigenvalue weighted by Crippen LogP contribution is -1.97. The van der Waals surface area contributed by atoms with E-state index in [-0.39, 0.29) is 0 Å². The Kier molecular flexibility index (Phi) is 1.58. The van der Waals surface area contributed by atoms with E-state index in [1.165, 1.54) is 16.7 Å². The molecule has 0 heterocycles. The lowest BCUT2D eigenvalue weighted by Gasteiger charge is -2.08. The van der Waals surface area contributed by atoms with Gasteiger partial charge in [-0.15, -0.1) is 0 Å². The summed E-state index contributed by atoms with van der Waals surface area (Å²) in [5.41, 5.74) is 4.27. The molecule has 1 saturated carbocycles. The van der Waals surface area contributed by atoms with Crippen molar-refractivity contribution in [1.82, 2.24) is 0 Å². The van der Waals surface area contributed by atoms with E-state index in [1.807, 2.05) is 0 Å². The van der Waals surface area contributed by atoms with Crippen LogP contribution in [0, 0.1) is 12.8 Å². The van der Waals surface area contributed by atoms with Gasteiger partial charge in [-0.3, -0.25) is 4.79 Å². The first-order valence-electron chi connectivity index (χ1n) is 5.35. The third-order valence-corrected chi connectivity index (χ3v) is 3.69. The molecule has 0 N–H and O–H groups in total. The summed E-state index contributed by atoms with van der Waals surface area (Å²) in [6, 6.07) is 6.70. The van der Waals surface area contributed by atoms with Crippen molar-refractivity contribution in [3.63, 3.8) is 0 Å². The van der Waals surface area contributed by atoms with Crippen molar-refractivity contribution < 1.29 is 4.79 Å². The van der Waals surface area contributed by atoms with Gasteiger partial charge in [0.1, 0.15) is 5.78 Å². The van der Waals surface area contributed by atoms with Gasteiger partial charge >= 0.3 is 0 Å². The van der Waals surface area contributed by atoms with Crippen molar-refractivity contribution in [3.8, 4) is 0 Å². The molecule has 0 aliphatic heterocycles. The minimum absolute atomic E-state index is 0.465. The Morgan fingerprint density at radius 1 is 1.21 bits per heavy atom. The molecular weight excluding hydrogens is 172 g/mol. The molecule has 0 aromatic heterocycles. The predicted molar refractivity (Wildman–Crippen MR) is 55.4 cm³/mol.